The van der Waals surface area contributed by atoms with Crippen molar-refractivity contribution in [3.8, 4) is 0 Å². The third-order valence-corrected chi connectivity index (χ3v) is 12.5. The van der Waals surface area contributed by atoms with E-state index in [1.54, 1.807) is 0 Å². The number of rotatable bonds is 52. The second-order valence-electron chi connectivity index (χ2n) is 19.2. The molecule has 388 valence electrons. The summed E-state index contributed by atoms with van der Waals surface area (Å²) in [5, 5.41) is 0. The van der Waals surface area contributed by atoms with Gasteiger partial charge in [0.1, 0.15) is 13.2 Å². The summed E-state index contributed by atoms with van der Waals surface area (Å²) in [4.78, 5) is 38.2. The Kier molecular flexibility index (Phi) is 53.3. The van der Waals surface area contributed by atoms with Gasteiger partial charge in [-0.15, -0.1) is 0 Å². The van der Waals surface area contributed by atoms with Crippen LogP contribution in [-0.4, -0.2) is 37.2 Å². The first-order valence-corrected chi connectivity index (χ1v) is 28.8. The molecule has 0 aliphatic heterocycles. The Hall–Kier alpha value is -2.89. The monoisotopic (exact) mass is 937 g/mol. The molecule has 0 saturated heterocycles. The van der Waals surface area contributed by atoms with E-state index in [4.69, 9.17) is 14.2 Å². The van der Waals surface area contributed by atoms with E-state index in [2.05, 4.69) is 81.5 Å². The fourth-order valence-electron chi connectivity index (χ4n) is 8.15. The molecular weight excluding hydrogens is 829 g/mol. The minimum absolute atomic E-state index is 0.0839. The Bertz CT molecular complexity index is 1150. The molecule has 0 aliphatic carbocycles. The molecular formula is C61H108O6. The number of ether oxygens (including phenoxy) is 3. The van der Waals surface area contributed by atoms with Gasteiger partial charge in [0.25, 0.3) is 0 Å². The van der Waals surface area contributed by atoms with Crippen LogP contribution in [0.4, 0.5) is 0 Å². The van der Waals surface area contributed by atoms with Crippen molar-refractivity contribution in [1.29, 1.82) is 0 Å². The quantitative estimate of drug-likeness (QED) is 0.0262. The molecule has 0 aromatic carbocycles. The summed E-state index contributed by atoms with van der Waals surface area (Å²) in [5.41, 5.74) is 0. The highest BCUT2D eigenvalue weighted by molar-refractivity contribution is 5.71. The molecule has 0 unspecified atom stereocenters. The lowest BCUT2D eigenvalue weighted by atomic mass is 10.1. The van der Waals surface area contributed by atoms with Gasteiger partial charge in [-0.1, -0.05) is 229 Å². The lowest BCUT2D eigenvalue weighted by Crippen LogP contribution is -2.30. The maximum atomic E-state index is 12.8. The molecule has 0 rings (SSSR count). The first-order chi connectivity index (χ1) is 33.0. The van der Waals surface area contributed by atoms with Gasteiger partial charge in [0.15, 0.2) is 6.10 Å². The topological polar surface area (TPSA) is 78.9 Å². The molecule has 0 aromatic heterocycles. The molecule has 0 heterocycles. The van der Waals surface area contributed by atoms with Gasteiger partial charge in [0.05, 0.1) is 0 Å². The van der Waals surface area contributed by atoms with Gasteiger partial charge in [-0.25, -0.2) is 0 Å². The van der Waals surface area contributed by atoms with Crippen LogP contribution in [0.3, 0.4) is 0 Å². The van der Waals surface area contributed by atoms with Crippen LogP contribution in [0.2, 0.25) is 0 Å². The van der Waals surface area contributed by atoms with Crippen molar-refractivity contribution >= 4 is 17.9 Å². The van der Waals surface area contributed by atoms with Gasteiger partial charge in [0, 0.05) is 19.3 Å². The van der Waals surface area contributed by atoms with Gasteiger partial charge >= 0.3 is 17.9 Å². The van der Waals surface area contributed by atoms with Crippen molar-refractivity contribution in [2.75, 3.05) is 13.2 Å². The molecule has 0 aliphatic rings. The highest BCUT2D eigenvalue weighted by Crippen LogP contribution is 2.15. The van der Waals surface area contributed by atoms with Crippen LogP contribution in [0.25, 0.3) is 0 Å². The summed E-state index contributed by atoms with van der Waals surface area (Å²) in [6.45, 7) is 6.52. The molecule has 0 fully saturated rings. The fourth-order valence-corrected chi connectivity index (χ4v) is 8.15. The number of carbonyl (C=O) groups is 3. The minimum atomic E-state index is -0.786. The smallest absolute Gasteiger partial charge is 0.306 e. The van der Waals surface area contributed by atoms with Crippen molar-refractivity contribution < 1.29 is 28.6 Å². The Morgan fingerprint density at radius 3 is 0.925 bits per heavy atom. The molecule has 0 aromatic rings. The molecule has 0 radical (unpaired) electrons. The second kappa shape index (κ2) is 55.7. The summed E-state index contributed by atoms with van der Waals surface area (Å²) in [6, 6.07) is 0. The Morgan fingerprint density at radius 2 is 0.582 bits per heavy atom. The average molecular weight is 938 g/mol. The van der Waals surface area contributed by atoms with Gasteiger partial charge in [-0.3, -0.25) is 14.4 Å². The van der Waals surface area contributed by atoms with Crippen LogP contribution in [0.15, 0.2) is 60.8 Å². The molecule has 6 heteroatoms. The lowest BCUT2D eigenvalue weighted by molar-refractivity contribution is -0.167. The zero-order chi connectivity index (χ0) is 48.6. The summed E-state index contributed by atoms with van der Waals surface area (Å²) in [7, 11) is 0. The molecule has 6 nitrogen and oxygen atoms in total. The van der Waals surface area contributed by atoms with Crippen molar-refractivity contribution in [2.24, 2.45) is 0 Å². The normalized spacial score (nSPS) is 12.1. The molecule has 0 saturated carbocycles. The maximum Gasteiger partial charge on any atom is 0.306 e. The molecule has 0 atom stereocenters. The van der Waals surface area contributed by atoms with Crippen molar-refractivity contribution in [2.45, 2.75) is 297 Å². The van der Waals surface area contributed by atoms with Crippen LogP contribution in [0.1, 0.15) is 290 Å². The molecule has 67 heavy (non-hydrogen) atoms. The van der Waals surface area contributed by atoms with E-state index in [1.807, 2.05) is 0 Å². The van der Waals surface area contributed by atoms with Gasteiger partial charge in [-0.05, 0) is 103 Å². The Morgan fingerprint density at radius 1 is 0.313 bits per heavy atom. The lowest BCUT2D eigenvalue weighted by Gasteiger charge is -2.18. The molecule has 0 N–H and O–H groups in total. The third-order valence-electron chi connectivity index (χ3n) is 12.5. The van der Waals surface area contributed by atoms with Crippen LogP contribution in [0.5, 0.6) is 0 Å². The predicted octanol–water partition coefficient (Wildman–Crippen LogP) is 19.2. The van der Waals surface area contributed by atoms with E-state index >= 15 is 0 Å². The summed E-state index contributed by atoms with van der Waals surface area (Å²) in [5.74, 6) is -0.899. The van der Waals surface area contributed by atoms with Gasteiger partial charge in [0.2, 0.25) is 0 Å². The number of unbranched alkanes of at least 4 members (excludes halogenated alkanes) is 31. The maximum absolute atomic E-state index is 12.8. The standard InChI is InChI=1S/C61H108O6/c1-4-7-10-13-16-19-22-25-28-30-33-35-38-41-44-47-50-53-59(62)65-56-58(67-61(64)55-52-49-46-43-40-37-32-27-24-21-18-15-12-9-6-3)57-66-60(63)54-51-48-45-42-39-36-34-31-29-26-23-20-17-14-11-8-5-2/h9,12,18,21,25-29,32,58H,4-8,10-11,13-17,19-20,22-24,30-31,33-57H2,1-3H3/b12-9-,21-18-,28-25-,29-26-,32-27-. The van der Waals surface area contributed by atoms with Crippen LogP contribution in [-0.2, 0) is 28.6 Å². The summed E-state index contributed by atoms with van der Waals surface area (Å²) in [6.07, 6.45) is 69.2. The highest BCUT2D eigenvalue weighted by Gasteiger charge is 2.19. The van der Waals surface area contributed by atoms with Crippen molar-refractivity contribution in [3.63, 3.8) is 0 Å². The largest absolute Gasteiger partial charge is 0.462 e. The van der Waals surface area contributed by atoms with E-state index in [-0.39, 0.29) is 31.1 Å². The third kappa shape index (κ3) is 53.9. The zero-order valence-electron chi connectivity index (χ0n) is 44.4. The number of hydrogen-bond donors (Lipinski definition) is 0. The zero-order valence-corrected chi connectivity index (χ0v) is 44.4. The molecule has 0 amide bonds. The highest BCUT2D eigenvalue weighted by atomic mass is 16.6. The summed E-state index contributed by atoms with van der Waals surface area (Å²) < 4.78 is 16.9. The first-order valence-electron chi connectivity index (χ1n) is 28.8. The van der Waals surface area contributed by atoms with Gasteiger partial charge < -0.3 is 14.2 Å². The number of hydrogen-bond acceptors (Lipinski definition) is 6. The van der Waals surface area contributed by atoms with E-state index in [0.29, 0.717) is 19.3 Å². The number of carbonyl (C=O) groups excluding carboxylic acids is 3. The van der Waals surface area contributed by atoms with E-state index in [1.165, 1.54) is 154 Å². The first kappa shape index (κ1) is 64.1. The van der Waals surface area contributed by atoms with Crippen LogP contribution >= 0.6 is 0 Å². The Balaban J connectivity index is 4.39. The van der Waals surface area contributed by atoms with E-state index in [0.717, 1.165) is 96.3 Å². The van der Waals surface area contributed by atoms with Crippen molar-refractivity contribution in [1.82, 2.24) is 0 Å². The van der Waals surface area contributed by atoms with Crippen LogP contribution in [0, 0.1) is 0 Å². The fraction of sp³-hybridized carbons (Fsp3) is 0.787. The predicted molar refractivity (Wildman–Crippen MR) is 288 cm³/mol. The van der Waals surface area contributed by atoms with Crippen molar-refractivity contribution in [3.05, 3.63) is 60.8 Å². The van der Waals surface area contributed by atoms with E-state index in [9.17, 15) is 14.4 Å². The minimum Gasteiger partial charge on any atom is -0.462 e. The Labute approximate surface area is 415 Å². The molecule has 0 spiro atoms. The van der Waals surface area contributed by atoms with Crippen LogP contribution < -0.4 is 0 Å². The van der Waals surface area contributed by atoms with E-state index < -0.39 is 6.10 Å². The summed E-state index contributed by atoms with van der Waals surface area (Å²) >= 11 is 0. The number of allylic oxidation sites excluding steroid dienone is 10. The van der Waals surface area contributed by atoms with Gasteiger partial charge in [-0.2, -0.15) is 0 Å². The second-order valence-corrected chi connectivity index (χ2v) is 19.2. The number of esters is 3. The SMILES string of the molecule is CC/C=C\C/C=C\C/C=C\CCCCCCCC(=O)OC(COC(=O)CCCCCCCCC/C=C\CCCCCCCC)COC(=O)CCCCCCCCC/C=C\CCCCCCCC. The molecule has 0 bridgehead atoms. The average Bonchev–Trinajstić information content (AvgIpc) is 3.33.